The molecule has 0 fully saturated rings. The third kappa shape index (κ3) is 2.28. The summed E-state index contributed by atoms with van der Waals surface area (Å²) in [5.41, 5.74) is 0. The molecule has 1 aliphatic rings. The second-order valence-corrected chi connectivity index (χ2v) is 1.78. The summed E-state index contributed by atoms with van der Waals surface area (Å²) in [6.07, 6.45) is 3.68. The van der Waals surface area contributed by atoms with Gasteiger partial charge in [0.15, 0.2) is 6.04 Å². The Morgan fingerprint density at radius 1 is 1.67 bits per heavy atom. The van der Waals surface area contributed by atoms with E-state index in [0.29, 0.717) is 0 Å². The zero-order valence-corrected chi connectivity index (χ0v) is 7.14. The first-order valence-electron chi connectivity index (χ1n) is 2.78. The molecule has 0 spiro atoms. The standard InChI is InChI=1S/C6H9N2.BrH/c1-3-6-7-4-5(2)8-6;/h4H,3H2,1-2H3;1H/q+1;/p-1. The maximum atomic E-state index is 4.12. The Morgan fingerprint density at radius 3 is 2.56 bits per heavy atom. The lowest BCUT2D eigenvalue weighted by Gasteiger charge is -2.00. The molecule has 0 atom stereocenters. The summed E-state index contributed by atoms with van der Waals surface area (Å²) in [6.45, 7) is 4.00. The lowest BCUT2D eigenvalue weighted by Crippen LogP contribution is -3.00. The van der Waals surface area contributed by atoms with Crippen molar-refractivity contribution in [1.82, 2.24) is 0 Å². The molecule has 0 aromatic carbocycles. The average molecular weight is 189 g/mol. The molecule has 0 N–H and O–H groups in total. The third-order valence-electron chi connectivity index (χ3n) is 1.02. The second kappa shape index (κ2) is 3.80. The monoisotopic (exact) mass is 188 g/mol. The molecular formula is C6H9BrN2. The van der Waals surface area contributed by atoms with Gasteiger partial charge < -0.3 is 17.0 Å². The number of rotatable bonds is 1. The van der Waals surface area contributed by atoms with E-state index in [-0.39, 0.29) is 17.0 Å². The van der Waals surface area contributed by atoms with Crippen molar-refractivity contribution in [1.29, 1.82) is 0 Å². The van der Waals surface area contributed by atoms with Crippen LogP contribution in [0, 0.1) is 12.2 Å². The first kappa shape index (κ1) is 8.85. The largest absolute Gasteiger partial charge is 1.00 e. The maximum Gasteiger partial charge on any atom is 0.301 e. The van der Waals surface area contributed by atoms with Gasteiger partial charge in [0.2, 0.25) is 0 Å². The first-order valence-corrected chi connectivity index (χ1v) is 2.78. The van der Waals surface area contributed by atoms with Crippen molar-refractivity contribution in [2.75, 3.05) is 0 Å². The fourth-order valence-corrected chi connectivity index (χ4v) is 0.600. The van der Waals surface area contributed by atoms with Crippen LogP contribution in [-0.4, -0.2) is 6.21 Å². The molecule has 0 aromatic rings. The van der Waals surface area contributed by atoms with Crippen molar-refractivity contribution in [3.63, 3.8) is 0 Å². The summed E-state index contributed by atoms with van der Waals surface area (Å²) in [5, 5.41) is 4.12. The zero-order valence-electron chi connectivity index (χ0n) is 5.56. The maximum absolute atomic E-state index is 4.12. The van der Waals surface area contributed by atoms with Gasteiger partial charge >= 0.3 is 6.21 Å². The minimum atomic E-state index is 0. The van der Waals surface area contributed by atoms with E-state index in [1.54, 1.807) is 6.21 Å². The molecule has 0 aromatic heterocycles. The van der Waals surface area contributed by atoms with Crippen LogP contribution >= 0.6 is 0 Å². The van der Waals surface area contributed by atoms with Gasteiger partial charge in [-0.1, -0.05) is 4.99 Å². The molecule has 0 amide bonds. The molecule has 0 bridgehead atoms. The van der Waals surface area contributed by atoms with Crippen molar-refractivity contribution in [2.45, 2.75) is 20.3 Å². The van der Waals surface area contributed by atoms with Gasteiger partial charge in [0.05, 0.1) is 6.92 Å². The average Bonchev–Trinajstić information content (AvgIpc) is 2.14. The molecule has 1 rings (SSSR count). The van der Waals surface area contributed by atoms with E-state index in [1.807, 2.05) is 6.92 Å². The number of halogens is 1. The highest BCUT2D eigenvalue weighted by Gasteiger charge is 2.20. The highest BCUT2D eigenvalue weighted by molar-refractivity contribution is 5.82. The van der Waals surface area contributed by atoms with Crippen molar-refractivity contribution >= 4 is 6.21 Å². The quantitative estimate of drug-likeness (QED) is 0.468. The van der Waals surface area contributed by atoms with E-state index in [2.05, 4.69) is 17.2 Å². The van der Waals surface area contributed by atoms with Gasteiger partial charge in [0, 0.05) is 6.42 Å². The number of nitrogens with zero attached hydrogens (tertiary/aromatic N) is 2. The van der Waals surface area contributed by atoms with Crippen molar-refractivity contribution in [2.24, 2.45) is 4.99 Å². The molecule has 0 saturated heterocycles. The van der Waals surface area contributed by atoms with Crippen molar-refractivity contribution in [3.05, 3.63) is 17.5 Å². The molecule has 1 heterocycles. The van der Waals surface area contributed by atoms with Gasteiger partial charge in [-0.05, 0) is 6.92 Å². The van der Waals surface area contributed by atoms with Crippen LogP contribution in [0.5, 0.6) is 0 Å². The normalized spacial score (nSPS) is 16.2. The second-order valence-electron chi connectivity index (χ2n) is 1.78. The molecule has 50 valence electrons. The molecule has 9 heavy (non-hydrogen) atoms. The van der Waals surface area contributed by atoms with E-state index in [9.17, 15) is 0 Å². The lowest BCUT2D eigenvalue weighted by molar-refractivity contribution is -0.00000179. The van der Waals surface area contributed by atoms with Crippen LogP contribution in [0.25, 0.3) is 5.32 Å². The van der Waals surface area contributed by atoms with E-state index < -0.39 is 0 Å². The van der Waals surface area contributed by atoms with Crippen molar-refractivity contribution in [3.8, 4) is 0 Å². The molecule has 0 radical (unpaired) electrons. The summed E-state index contributed by atoms with van der Waals surface area (Å²) < 4.78 is 0. The summed E-state index contributed by atoms with van der Waals surface area (Å²) >= 11 is 0. The van der Waals surface area contributed by atoms with E-state index in [0.717, 1.165) is 18.6 Å². The Bertz CT molecular complexity index is 103. The fourth-order valence-electron chi connectivity index (χ4n) is 0.600. The number of aliphatic imine (C=N–C) groups is 1. The summed E-state index contributed by atoms with van der Waals surface area (Å²) in [6, 6.07) is 1.02. The Labute approximate surface area is 66.5 Å². The summed E-state index contributed by atoms with van der Waals surface area (Å²) in [4.78, 5) is 4.02. The minimum absolute atomic E-state index is 0. The van der Waals surface area contributed by atoms with Gasteiger partial charge in [-0.25, -0.2) is 0 Å². The van der Waals surface area contributed by atoms with Crippen LogP contribution in [0.3, 0.4) is 0 Å². The fraction of sp³-hybridized carbons (Fsp3) is 0.500. The topological polar surface area (TPSA) is 26.5 Å². The molecule has 0 unspecified atom stereocenters. The highest BCUT2D eigenvalue weighted by Crippen LogP contribution is 2.27. The minimum Gasteiger partial charge on any atom is -1.00 e. The molecular weight excluding hydrogens is 180 g/mol. The smallest absolute Gasteiger partial charge is 0.301 e. The van der Waals surface area contributed by atoms with Crippen LogP contribution in [0.4, 0.5) is 0 Å². The molecule has 2 nitrogen and oxygen atoms in total. The molecule has 0 aliphatic carbocycles. The predicted octanol–water partition coefficient (Wildman–Crippen LogP) is -1.10. The van der Waals surface area contributed by atoms with E-state index >= 15 is 0 Å². The lowest BCUT2D eigenvalue weighted by atomic mass is 10.3. The third-order valence-corrected chi connectivity index (χ3v) is 1.02. The van der Waals surface area contributed by atoms with Crippen LogP contribution in [-0.2, 0) is 0 Å². The van der Waals surface area contributed by atoms with Crippen molar-refractivity contribution < 1.29 is 17.0 Å². The van der Waals surface area contributed by atoms with Gasteiger partial charge in [-0.3, -0.25) is 5.32 Å². The first-order chi connectivity index (χ1) is 3.83. The Balaban J connectivity index is 0.000000640. The van der Waals surface area contributed by atoms with Crippen LogP contribution < -0.4 is 17.0 Å². The van der Waals surface area contributed by atoms with Gasteiger partial charge in [-0.2, -0.15) is 0 Å². The number of hydrogen-bond acceptors (Lipinski definition) is 1. The molecule has 3 heteroatoms. The van der Waals surface area contributed by atoms with E-state index in [1.165, 1.54) is 0 Å². The highest BCUT2D eigenvalue weighted by atomic mass is 79.9. The summed E-state index contributed by atoms with van der Waals surface area (Å²) in [5.74, 6) is 0. The SMILES string of the molecule is CC[C+]1N=C[C+](C)[N-]1.[Br-]. The summed E-state index contributed by atoms with van der Waals surface area (Å²) in [7, 11) is 0. The van der Waals surface area contributed by atoms with E-state index in [4.69, 9.17) is 0 Å². The molecule has 0 saturated carbocycles. The van der Waals surface area contributed by atoms with Crippen LogP contribution in [0.15, 0.2) is 4.99 Å². The van der Waals surface area contributed by atoms with Gasteiger partial charge in [-0.15, -0.1) is 0 Å². The predicted molar refractivity (Wildman–Crippen MR) is 34.3 cm³/mol. The van der Waals surface area contributed by atoms with Crippen LogP contribution in [0.2, 0.25) is 0 Å². The Morgan fingerprint density at radius 2 is 2.33 bits per heavy atom. The Kier molecular flexibility index (Phi) is 3.73. The molecule has 1 aliphatic heterocycles. The Hall–Kier alpha value is -0.150. The zero-order chi connectivity index (χ0) is 5.98. The van der Waals surface area contributed by atoms with Gasteiger partial charge in [0.25, 0.3) is 0 Å². The van der Waals surface area contributed by atoms with Gasteiger partial charge in [0.1, 0.15) is 6.17 Å². The number of hydrogen-bond donors (Lipinski definition) is 0. The van der Waals surface area contributed by atoms with Crippen LogP contribution in [0.1, 0.15) is 20.3 Å².